The van der Waals surface area contributed by atoms with E-state index in [2.05, 4.69) is 4.74 Å². The molecule has 0 saturated heterocycles. The highest BCUT2D eigenvalue weighted by Crippen LogP contribution is 1.60. The van der Waals surface area contributed by atoms with Crippen LogP contribution in [0.3, 0.4) is 0 Å². The summed E-state index contributed by atoms with van der Waals surface area (Å²) >= 11 is 0. The van der Waals surface area contributed by atoms with Gasteiger partial charge in [0.2, 0.25) is 0 Å². The quantitative estimate of drug-likeness (QED) is 0.459. The van der Waals surface area contributed by atoms with Crippen LogP contribution in [-0.4, -0.2) is 13.7 Å². The first-order valence-electron chi connectivity index (χ1n) is 1.39. The maximum Gasteiger partial charge on any atom is 0.0652 e. The van der Waals surface area contributed by atoms with Gasteiger partial charge in [-0.15, -0.1) is 0 Å². The van der Waals surface area contributed by atoms with Gasteiger partial charge in [-0.05, 0) is 6.58 Å². The van der Waals surface area contributed by atoms with E-state index in [0.29, 0.717) is 6.61 Å². The molecule has 1 heteroatoms. The maximum absolute atomic E-state index is 6.35. The second-order valence-corrected chi connectivity index (χ2v) is 0.659. The molecule has 0 unspecified atom stereocenters. The highest BCUT2D eigenvalue weighted by Gasteiger charge is 1.58. The van der Waals surface area contributed by atoms with Gasteiger partial charge in [-0.2, -0.15) is 0 Å². The molecule has 1 nitrogen and oxygen atoms in total. The Labute approximate surface area is 32.3 Å². The lowest BCUT2D eigenvalue weighted by Gasteiger charge is -1.79. The van der Waals surface area contributed by atoms with Gasteiger partial charge in [0.25, 0.3) is 0 Å². The van der Waals surface area contributed by atoms with E-state index in [1.165, 1.54) is 6.08 Å². The Morgan fingerprint density at radius 3 is 2.60 bits per heavy atom. The monoisotopic (exact) mass is 70.0 g/mol. The number of rotatable bonds is 2. The van der Waals surface area contributed by atoms with Crippen molar-refractivity contribution in [1.82, 2.24) is 0 Å². The molecule has 0 spiro atoms. The van der Waals surface area contributed by atoms with Crippen molar-refractivity contribution in [2.45, 2.75) is 0 Å². The smallest absolute Gasteiger partial charge is 0.0652 e. The molecule has 0 aliphatic rings. The molecule has 0 aliphatic carbocycles. The Hall–Kier alpha value is -0.300. The van der Waals surface area contributed by atoms with Crippen LogP contribution in [0.25, 0.3) is 0 Å². The van der Waals surface area contributed by atoms with Gasteiger partial charge in [0, 0.05) is 7.11 Å². The second kappa shape index (κ2) is 3.70. The highest BCUT2D eigenvalue weighted by atomic mass is 16.5. The third kappa shape index (κ3) is 3.70. The molecule has 0 aromatic carbocycles. The summed E-state index contributed by atoms with van der Waals surface area (Å²) in [6.07, 6.45) is 1.21. The van der Waals surface area contributed by atoms with Crippen molar-refractivity contribution >= 4 is 0 Å². The van der Waals surface area contributed by atoms with Crippen molar-refractivity contribution in [1.29, 1.82) is 0 Å². The van der Waals surface area contributed by atoms with Crippen molar-refractivity contribution < 1.29 is 4.74 Å². The van der Waals surface area contributed by atoms with Crippen LogP contribution in [0.15, 0.2) is 6.08 Å². The SMILES string of the molecule is [C]=CCOC. The van der Waals surface area contributed by atoms with Gasteiger partial charge in [-0.1, -0.05) is 6.08 Å². The van der Waals surface area contributed by atoms with Gasteiger partial charge in [-0.25, -0.2) is 0 Å². The van der Waals surface area contributed by atoms with E-state index in [9.17, 15) is 0 Å². The lowest BCUT2D eigenvalue weighted by Crippen LogP contribution is -1.76. The first kappa shape index (κ1) is 4.70. The topological polar surface area (TPSA) is 9.23 Å². The number of hydrogen-bond acceptors (Lipinski definition) is 1. The van der Waals surface area contributed by atoms with E-state index in [-0.39, 0.29) is 0 Å². The van der Waals surface area contributed by atoms with Gasteiger partial charge >= 0.3 is 0 Å². The van der Waals surface area contributed by atoms with Gasteiger partial charge in [0.15, 0.2) is 0 Å². The number of methoxy groups -OCH3 is 1. The Bertz CT molecular complexity index is 24.8. The van der Waals surface area contributed by atoms with Crippen molar-refractivity contribution in [3.8, 4) is 0 Å². The first-order chi connectivity index (χ1) is 2.41. The molecule has 0 aromatic rings. The summed E-state index contributed by atoms with van der Waals surface area (Å²) in [5.41, 5.74) is 0. The minimum atomic E-state index is 0.431. The standard InChI is InChI=1S/C4H6O/c1-3-4-5-2/h3H,4H2,2H3. The minimum absolute atomic E-state index is 0.431. The normalized spacial score (nSPS) is 7.40. The summed E-state index contributed by atoms with van der Waals surface area (Å²) in [5, 5.41) is 0. The maximum atomic E-state index is 6.35. The van der Waals surface area contributed by atoms with Crippen LogP contribution >= 0.6 is 0 Å². The van der Waals surface area contributed by atoms with Crippen molar-refractivity contribution in [2.75, 3.05) is 13.7 Å². The van der Waals surface area contributed by atoms with Crippen molar-refractivity contribution in [2.24, 2.45) is 0 Å². The Morgan fingerprint density at radius 1 is 2.00 bits per heavy atom. The number of hydrogen-bond donors (Lipinski definition) is 0. The first-order valence-corrected chi connectivity index (χ1v) is 1.39. The zero-order chi connectivity index (χ0) is 4.12. The van der Waals surface area contributed by atoms with E-state index < -0.39 is 0 Å². The second-order valence-electron chi connectivity index (χ2n) is 0.659. The number of ether oxygens (including phenoxy) is 1. The largest absolute Gasteiger partial charge is 0.381 e. The average molecular weight is 70.1 g/mol. The summed E-state index contributed by atoms with van der Waals surface area (Å²) in [7, 11) is 1.56. The fraction of sp³-hybridized carbons (Fsp3) is 0.500. The lowest BCUT2D eigenvalue weighted by atomic mass is 10.7. The fourth-order valence-electron chi connectivity index (χ4n) is 0.0833. The predicted octanol–water partition coefficient (Wildman–Crippen LogP) is 0.499. The van der Waals surface area contributed by atoms with E-state index >= 15 is 0 Å². The zero-order valence-corrected chi connectivity index (χ0v) is 3.19. The van der Waals surface area contributed by atoms with E-state index in [4.69, 9.17) is 6.58 Å². The predicted molar refractivity (Wildman–Crippen MR) is 19.7 cm³/mol. The lowest BCUT2D eigenvalue weighted by molar-refractivity contribution is 0.234. The zero-order valence-electron chi connectivity index (χ0n) is 3.19. The highest BCUT2D eigenvalue weighted by molar-refractivity contribution is 4.57. The molecular formula is C4H6O. The van der Waals surface area contributed by atoms with Gasteiger partial charge in [0.05, 0.1) is 6.61 Å². The van der Waals surface area contributed by atoms with Crippen LogP contribution in [0.5, 0.6) is 0 Å². The molecule has 0 N–H and O–H groups in total. The summed E-state index contributed by atoms with van der Waals surface area (Å²) in [5.74, 6) is 0. The van der Waals surface area contributed by atoms with Crippen LogP contribution in [-0.2, 0) is 4.74 Å². The summed E-state index contributed by atoms with van der Waals surface area (Å²) in [4.78, 5) is 0. The van der Waals surface area contributed by atoms with Gasteiger partial charge in [0.1, 0.15) is 0 Å². The third-order valence-electron chi connectivity index (χ3n) is 0.250. The summed E-state index contributed by atoms with van der Waals surface area (Å²) in [6, 6.07) is 0. The van der Waals surface area contributed by atoms with Crippen LogP contribution < -0.4 is 0 Å². The molecule has 5 heavy (non-hydrogen) atoms. The van der Waals surface area contributed by atoms with Crippen molar-refractivity contribution in [3.05, 3.63) is 12.7 Å². The molecule has 0 rings (SSSR count). The van der Waals surface area contributed by atoms with Crippen LogP contribution in [0.4, 0.5) is 0 Å². The molecule has 2 radical (unpaired) electrons. The summed E-state index contributed by atoms with van der Waals surface area (Å²) in [6.45, 7) is 6.78. The van der Waals surface area contributed by atoms with E-state index in [1.54, 1.807) is 7.11 Å². The van der Waals surface area contributed by atoms with E-state index in [1.807, 2.05) is 0 Å². The molecule has 0 saturated carbocycles. The van der Waals surface area contributed by atoms with Crippen LogP contribution in [0.1, 0.15) is 0 Å². The Morgan fingerprint density at radius 2 is 2.60 bits per heavy atom. The molecule has 0 atom stereocenters. The minimum Gasteiger partial charge on any atom is -0.381 e. The van der Waals surface area contributed by atoms with Gasteiger partial charge < -0.3 is 4.74 Å². The van der Waals surface area contributed by atoms with Gasteiger partial charge in [-0.3, -0.25) is 0 Å². The molecule has 0 amide bonds. The molecule has 0 bridgehead atoms. The Kier molecular flexibility index (Phi) is 3.48. The third-order valence-corrected chi connectivity index (χ3v) is 0.250. The molecule has 0 heterocycles. The van der Waals surface area contributed by atoms with Crippen molar-refractivity contribution in [3.63, 3.8) is 0 Å². The van der Waals surface area contributed by atoms with Crippen LogP contribution in [0.2, 0.25) is 0 Å². The Balaban J connectivity index is 2.40. The van der Waals surface area contributed by atoms with E-state index in [0.717, 1.165) is 0 Å². The molecule has 0 fully saturated rings. The molecule has 0 aromatic heterocycles. The molecule has 0 aliphatic heterocycles. The molecular weight excluding hydrogens is 64.0 g/mol. The molecule has 28 valence electrons. The average Bonchev–Trinajstić information content (AvgIpc) is 1.41. The summed E-state index contributed by atoms with van der Waals surface area (Å²) < 4.78 is 4.45. The fourth-order valence-corrected chi connectivity index (χ4v) is 0.0833. The van der Waals surface area contributed by atoms with Crippen LogP contribution in [0, 0.1) is 6.58 Å².